The number of aliphatic imine (C=N–C) groups is 1. The Morgan fingerprint density at radius 2 is 2.00 bits per heavy atom. The number of halogens is 1. The van der Waals surface area contributed by atoms with Gasteiger partial charge in [-0.2, -0.15) is 0 Å². The summed E-state index contributed by atoms with van der Waals surface area (Å²) in [7, 11) is 0. The Bertz CT molecular complexity index is 297. The Hall–Kier alpha value is -1.06. The number of hydrogen-bond acceptors (Lipinski definition) is 3. The van der Waals surface area contributed by atoms with E-state index < -0.39 is 6.10 Å². The van der Waals surface area contributed by atoms with Gasteiger partial charge in [0.1, 0.15) is 5.75 Å². The first kappa shape index (κ1) is 11.0. The second-order valence-corrected chi connectivity index (χ2v) is 3.20. The Labute approximate surface area is 87.7 Å². The summed E-state index contributed by atoms with van der Waals surface area (Å²) in [6, 6.07) is 6.65. The van der Waals surface area contributed by atoms with E-state index in [0.717, 1.165) is 5.56 Å². The molecule has 1 rings (SSSR count). The van der Waals surface area contributed by atoms with Crippen LogP contribution in [0.5, 0.6) is 5.75 Å². The van der Waals surface area contributed by atoms with Crippen molar-refractivity contribution in [3.05, 3.63) is 29.8 Å². The van der Waals surface area contributed by atoms with Gasteiger partial charge in [0.15, 0.2) is 0 Å². The third-order valence-electron chi connectivity index (χ3n) is 1.63. The zero-order chi connectivity index (χ0) is 10.4. The summed E-state index contributed by atoms with van der Waals surface area (Å²) in [6.07, 6.45) is 1.04. The summed E-state index contributed by atoms with van der Waals surface area (Å²) >= 11 is 5.40. The van der Waals surface area contributed by atoms with Gasteiger partial charge < -0.3 is 10.2 Å². The van der Waals surface area contributed by atoms with Crippen molar-refractivity contribution in [3.8, 4) is 5.75 Å². The minimum Gasteiger partial charge on any atom is -0.508 e. The standard InChI is InChI=1S/C10H12ClNO2/c11-5-10(14)7-12-6-8-1-3-9(13)4-2-8/h1-4,6,10,13-14H,5,7H2/t10-/m1/s1. The van der Waals surface area contributed by atoms with E-state index in [4.69, 9.17) is 21.8 Å². The molecule has 0 spiro atoms. The monoisotopic (exact) mass is 213 g/mol. The smallest absolute Gasteiger partial charge is 0.115 e. The Morgan fingerprint density at radius 3 is 2.57 bits per heavy atom. The van der Waals surface area contributed by atoms with Crippen LogP contribution in [0.3, 0.4) is 0 Å². The summed E-state index contributed by atoms with van der Waals surface area (Å²) < 4.78 is 0. The van der Waals surface area contributed by atoms with E-state index in [9.17, 15) is 0 Å². The molecule has 0 bridgehead atoms. The fraction of sp³-hybridized carbons (Fsp3) is 0.300. The number of aliphatic hydroxyl groups is 1. The molecule has 0 aromatic heterocycles. The second-order valence-electron chi connectivity index (χ2n) is 2.89. The molecule has 0 fully saturated rings. The molecule has 3 nitrogen and oxygen atoms in total. The predicted molar refractivity (Wildman–Crippen MR) is 57.3 cm³/mol. The van der Waals surface area contributed by atoms with E-state index >= 15 is 0 Å². The third kappa shape index (κ3) is 3.77. The van der Waals surface area contributed by atoms with Crippen molar-refractivity contribution in [2.45, 2.75) is 6.10 Å². The second kappa shape index (κ2) is 5.62. The maximum absolute atomic E-state index is 9.09. The maximum Gasteiger partial charge on any atom is 0.115 e. The number of aliphatic hydroxyl groups excluding tert-OH is 1. The summed E-state index contributed by atoms with van der Waals surface area (Å²) in [5, 5.41) is 18.1. The van der Waals surface area contributed by atoms with Gasteiger partial charge in [0.2, 0.25) is 0 Å². The van der Waals surface area contributed by atoms with Crippen LogP contribution in [-0.4, -0.2) is 35.0 Å². The molecular weight excluding hydrogens is 202 g/mol. The number of nitrogens with zero attached hydrogens (tertiary/aromatic N) is 1. The van der Waals surface area contributed by atoms with Crippen molar-refractivity contribution in [1.82, 2.24) is 0 Å². The van der Waals surface area contributed by atoms with Crippen LogP contribution in [0.1, 0.15) is 5.56 Å². The van der Waals surface area contributed by atoms with Crippen molar-refractivity contribution in [1.29, 1.82) is 0 Å². The van der Waals surface area contributed by atoms with Crippen LogP contribution >= 0.6 is 11.6 Å². The molecule has 0 saturated carbocycles. The Kier molecular flexibility index (Phi) is 4.43. The number of phenols is 1. The highest BCUT2D eigenvalue weighted by atomic mass is 35.5. The van der Waals surface area contributed by atoms with Crippen LogP contribution in [0, 0.1) is 0 Å². The molecule has 0 aliphatic rings. The lowest BCUT2D eigenvalue weighted by Gasteiger charge is -2.00. The van der Waals surface area contributed by atoms with Crippen molar-refractivity contribution in [2.75, 3.05) is 12.4 Å². The summed E-state index contributed by atoms with van der Waals surface area (Å²) in [6.45, 7) is 0.296. The van der Waals surface area contributed by atoms with Crippen molar-refractivity contribution < 1.29 is 10.2 Å². The van der Waals surface area contributed by atoms with Gasteiger partial charge in [-0.1, -0.05) is 0 Å². The number of alkyl halides is 1. The highest BCUT2D eigenvalue weighted by Crippen LogP contribution is 2.07. The number of hydrogen-bond donors (Lipinski definition) is 2. The van der Waals surface area contributed by atoms with Gasteiger partial charge in [-0.25, -0.2) is 0 Å². The minimum atomic E-state index is -0.593. The van der Waals surface area contributed by atoms with E-state index in [1.807, 2.05) is 0 Å². The first-order chi connectivity index (χ1) is 6.72. The fourth-order valence-corrected chi connectivity index (χ4v) is 0.987. The van der Waals surface area contributed by atoms with Crippen molar-refractivity contribution in [3.63, 3.8) is 0 Å². The molecule has 14 heavy (non-hydrogen) atoms. The molecule has 1 atom stereocenters. The van der Waals surface area contributed by atoms with Gasteiger partial charge in [0, 0.05) is 6.21 Å². The molecule has 0 radical (unpaired) electrons. The van der Waals surface area contributed by atoms with E-state index in [0.29, 0.717) is 6.54 Å². The lowest BCUT2D eigenvalue weighted by Crippen LogP contribution is -2.12. The van der Waals surface area contributed by atoms with Crippen molar-refractivity contribution >= 4 is 17.8 Å². The Morgan fingerprint density at radius 1 is 1.36 bits per heavy atom. The van der Waals surface area contributed by atoms with E-state index in [2.05, 4.69) is 4.99 Å². The maximum atomic E-state index is 9.09. The Balaban J connectivity index is 2.48. The van der Waals surface area contributed by atoms with Gasteiger partial charge in [0.25, 0.3) is 0 Å². The summed E-state index contributed by atoms with van der Waals surface area (Å²) in [4.78, 5) is 4.00. The number of rotatable bonds is 4. The zero-order valence-corrected chi connectivity index (χ0v) is 8.35. The molecule has 0 aliphatic heterocycles. The van der Waals surface area contributed by atoms with Crippen LogP contribution in [0.4, 0.5) is 0 Å². The molecule has 1 aromatic rings. The average Bonchev–Trinajstić information content (AvgIpc) is 2.21. The van der Waals surface area contributed by atoms with Gasteiger partial charge >= 0.3 is 0 Å². The molecular formula is C10H12ClNO2. The molecule has 0 saturated heterocycles. The lowest BCUT2D eigenvalue weighted by atomic mass is 10.2. The minimum absolute atomic E-state index is 0.187. The first-order valence-electron chi connectivity index (χ1n) is 4.25. The lowest BCUT2D eigenvalue weighted by molar-refractivity contribution is 0.207. The molecule has 4 heteroatoms. The normalized spacial score (nSPS) is 13.3. The highest BCUT2D eigenvalue weighted by Gasteiger charge is 1.97. The third-order valence-corrected chi connectivity index (χ3v) is 1.98. The zero-order valence-electron chi connectivity index (χ0n) is 7.60. The number of aromatic hydroxyl groups is 1. The molecule has 76 valence electrons. The van der Waals surface area contributed by atoms with Crippen LogP contribution in [0.2, 0.25) is 0 Å². The molecule has 0 unspecified atom stereocenters. The largest absolute Gasteiger partial charge is 0.508 e. The number of phenolic OH excluding ortho intramolecular Hbond substituents is 1. The van der Waals surface area contributed by atoms with Gasteiger partial charge in [-0.05, 0) is 29.8 Å². The molecule has 0 heterocycles. The molecule has 2 N–H and O–H groups in total. The van der Waals surface area contributed by atoms with E-state index in [1.165, 1.54) is 0 Å². The summed E-state index contributed by atoms with van der Waals surface area (Å²) in [5.74, 6) is 0.412. The van der Waals surface area contributed by atoms with Crippen LogP contribution in [-0.2, 0) is 0 Å². The van der Waals surface area contributed by atoms with E-state index in [1.54, 1.807) is 30.5 Å². The molecule has 0 amide bonds. The fourth-order valence-electron chi connectivity index (χ4n) is 0.889. The first-order valence-corrected chi connectivity index (χ1v) is 4.78. The van der Waals surface area contributed by atoms with Crippen molar-refractivity contribution in [2.24, 2.45) is 4.99 Å². The topological polar surface area (TPSA) is 52.8 Å². The van der Waals surface area contributed by atoms with E-state index in [-0.39, 0.29) is 11.6 Å². The van der Waals surface area contributed by atoms with Gasteiger partial charge in [0.05, 0.1) is 18.5 Å². The quantitative estimate of drug-likeness (QED) is 0.587. The predicted octanol–water partition coefficient (Wildman–Crippen LogP) is 1.41. The molecule has 1 aromatic carbocycles. The SMILES string of the molecule is Oc1ccc(C=NC[C@H](O)CCl)cc1. The van der Waals surface area contributed by atoms with Gasteiger partial charge in [-0.3, -0.25) is 4.99 Å². The molecule has 0 aliphatic carbocycles. The number of benzene rings is 1. The van der Waals surface area contributed by atoms with Crippen LogP contribution in [0.25, 0.3) is 0 Å². The van der Waals surface area contributed by atoms with Crippen LogP contribution < -0.4 is 0 Å². The van der Waals surface area contributed by atoms with Crippen LogP contribution in [0.15, 0.2) is 29.3 Å². The average molecular weight is 214 g/mol. The highest BCUT2D eigenvalue weighted by molar-refractivity contribution is 6.18. The van der Waals surface area contributed by atoms with Gasteiger partial charge in [-0.15, -0.1) is 11.6 Å². The summed E-state index contributed by atoms with van der Waals surface area (Å²) in [5.41, 5.74) is 0.879.